The first-order valence-electron chi connectivity index (χ1n) is 11.8. The molecule has 4 aromatic rings. The molecule has 35 heavy (non-hydrogen) atoms. The van der Waals surface area contributed by atoms with Crippen molar-refractivity contribution < 1.29 is 18.7 Å². The van der Waals surface area contributed by atoms with Gasteiger partial charge < -0.3 is 19.2 Å². The lowest BCUT2D eigenvalue weighted by atomic mass is 10.1. The molecule has 0 spiro atoms. The Morgan fingerprint density at radius 3 is 2.69 bits per heavy atom. The standard InChI is InChI=1S/C27H32N4O4/c1-17(8-9-20-7-6-14-35-20)28-27(32)13-12-22-18(2)29-26-16-24(30-31(26)19(22)3)23-11-10-21(33-4)15-25(23)34-5/h6-7,10-11,14-17H,8-9,12-13H2,1-5H3,(H,28,32)/t17-/m0/s1. The molecule has 0 aliphatic heterocycles. The molecule has 8 heteroatoms. The number of hydrogen-bond acceptors (Lipinski definition) is 6. The van der Waals surface area contributed by atoms with E-state index in [0.29, 0.717) is 18.6 Å². The molecule has 1 N–H and O–H groups in total. The Morgan fingerprint density at radius 2 is 1.97 bits per heavy atom. The summed E-state index contributed by atoms with van der Waals surface area (Å²) in [5, 5.41) is 7.89. The second-order valence-corrected chi connectivity index (χ2v) is 8.71. The number of carbonyl (C=O) groups is 1. The smallest absolute Gasteiger partial charge is 0.220 e. The van der Waals surface area contributed by atoms with Crippen LogP contribution in [0.15, 0.2) is 47.1 Å². The van der Waals surface area contributed by atoms with E-state index in [2.05, 4.69) is 5.32 Å². The number of furan rings is 1. The molecule has 1 atom stereocenters. The van der Waals surface area contributed by atoms with Gasteiger partial charge in [0.25, 0.3) is 0 Å². The lowest BCUT2D eigenvalue weighted by molar-refractivity contribution is -0.121. The summed E-state index contributed by atoms with van der Waals surface area (Å²) in [6.45, 7) is 6.01. The first-order valence-corrected chi connectivity index (χ1v) is 11.8. The van der Waals surface area contributed by atoms with Gasteiger partial charge in [0.2, 0.25) is 5.91 Å². The number of nitrogens with zero attached hydrogens (tertiary/aromatic N) is 3. The summed E-state index contributed by atoms with van der Waals surface area (Å²) in [6.07, 6.45) is 4.28. The predicted molar refractivity (Wildman–Crippen MR) is 134 cm³/mol. The van der Waals surface area contributed by atoms with Gasteiger partial charge in [-0.25, -0.2) is 9.50 Å². The summed E-state index contributed by atoms with van der Waals surface area (Å²) in [6, 6.07) is 11.5. The van der Waals surface area contributed by atoms with Gasteiger partial charge >= 0.3 is 0 Å². The van der Waals surface area contributed by atoms with E-state index in [4.69, 9.17) is 24.0 Å². The quantitative estimate of drug-likeness (QED) is 0.357. The van der Waals surface area contributed by atoms with Gasteiger partial charge in [0.15, 0.2) is 5.65 Å². The Labute approximate surface area is 205 Å². The van der Waals surface area contributed by atoms with Crippen molar-refractivity contribution in [3.63, 3.8) is 0 Å². The summed E-state index contributed by atoms with van der Waals surface area (Å²) >= 11 is 0. The molecule has 0 radical (unpaired) electrons. The Morgan fingerprint density at radius 1 is 1.14 bits per heavy atom. The highest BCUT2D eigenvalue weighted by Gasteiger charge is 2.17. The molecule has 3 heterocycles. The van der Waals surface area contributed by atoms with Gasteiger partial charge in [0, 0.05) is 48.0 Å². The first-order chi connectivity index (χ1) is 16.9. The van der Waals surface area contributed by atoms with Crippen molar-refractivity contribution in [3.05, 3.63) is 65.4 Å². The number of hydrogen-bond donors (Lipinski definition) is 1. The highest BCUT2D eigenvalue weighted by molar-refractivity contribution is 5.76. The Kier molecular flexibility index (Phi) is 7.39. The molecule has 1 aromatic carbocycles. The second-order valence-electron chi connectivity index (χ2n) is 8.71. The minimum atomic E-state index is 0.0277. The van der Waals surface area contributed by atoms with Gasteiger partial charge in [-0.3, -0.25) is 4.79 Å². The maximum absolute atomic E-state index is 12.6. The fourth-order valence-corrected chi connectivity index (χ4v) is 4.30. The highest BCUT2D eigenvalue weighted by Crippen LogP contribution is 2.33. The van der Waals surface area contributed by atoms with Crippen molar-refractivity contribution in [2.45, 2.75) is 52.5 Å². The molecule has 184 valence electrons. The number of amides is 1. The first kappa shape index (κ1) is 24.3. The van der Waals surface area contributed by atoms with E-state index in [1.165, 1.54) is 0 Å². The van der Waals surface area contributed by atoms with Crippen LogP contribution in [0.5, 0.6) is 11.5 Å². The molecule has 0 fully saturated rings. The van der Waals surface area contributed by atoms with Crippen molar-refractivity contribution in [1.29, 1.82) is 0 Å². The zero-order chi connectivity index (χ0) is 24.9. The Bertz CT molecular complexity index is 1310. The maximum atomic E-state index is 12.6. The summed E-state index contributed by atoms with van der Waals surface area (Å²) in [4.78, 5) is 17.3. The van der Waals surface area contributed by atoms with Crippen LogP contribution in [0, 0.1) is 13.8 Å². The average molecular weight is 477 g/mol. The number of benzene rings is 1. The molecule has 0 saturated heterocycles. The topological polar surface area (TPSA) is 90.9 Å². The normalized spacial score (nSPS) is 12.0. The summed E-state index contributed by atoms with van der Waals surface area (Å²) in [5.74, 6) is 2.36. The fourth-order valence-electron chi connectivity index (χ4n) is 4.30. The Hall–Kier alpha value is -3.81. The minimum Gasteiger partial charge on any atom is -0.497 e. The third-order valence-electron chi connectivity index (χ3n) is 6.26. The molecule has 0 aliphatic rings. The molecule has 3 aromatic heterocycles. The molecule has 4 rings (SSSR count). The summed E-state index contributed by atoms with van der Waals surface area (Å²) in [5.41, 5.74) is 5.30. The van der Waals surface area contributed by atoms with E-state index in [1.54, 1.807) is 20.5 Å². The number of rotatable bonds is 10. The van der Waals surface area contributed by atoms with Crippen LogP contribution in [0.4, 0.5) is 0 Å². The zero-order valence-electron chi connectivity index (χ0n) is 20.9. The molecule has 0 unspecified atom stereocenters. The number of aryl methyl sites for hydroxylation is 3. The zero-order valence-corrected chi connectivity index (χ0v) is 20.9. The number of aromatic nitrogens is 3. The number of methoxy groups -OCH3 is 2. The van der Waals surface area contributed by atoms with E-state index in [9.17, 15) is 4.79 Å². The molecule has 1 amide bonds. The molecule has 0 saturated carbocycles. The SMILES string of the molecule is COc1ccc(-c2cc3nc(C)c(CCC(=O)N[C@@H](C)CCc4ccco4)c(C)n3n2)c(OC)c1. The van der Waals surface area contributed by atoms with Gasteiger partial charge in [-0.05, 0) is 63.4 Å². The van der Waals surface area contributed by atoms with Gasteiger partial charge in [0.05, 0.1) is 26.2 Å². The molecule has 0 aliphatic carbocycles. The molecular weight excluding hydrogens is 444 g/mol. The van der Waals surface area contributed by atoms with Crippen molar-refractivity contribution in [2.75, 3.05) is 14.2 Å². The van der Waals surface area contributed by atoms with Crippen LogP contribution >= 0.6 is 0 Å². The van der Waals surface area contributed by atoms with E-state index >= 15 is 0 Å². The lowest BCUT2D eigenvalue weighted by Crippen LogP contribution is -2.33. The maximum Gasteiger partial charge on any atom is 0.220 e. The highest BCUT2D eigenvalue weighted by atomic mass is 16.5. The number of ether oxygens (including phenoxy) is 2. The van der Waals surface area contributed by atoms with Crippen LogP contribution in [0.25, 0.3) is 16.9 Å². The second kappa shape index (κ2) is 10.6. The van der Waals surface area contributed by atoms with E-state index < -0.39 is 0 Å². The number of carbonyl (C=O) groups excluding carboxylic acids is 1. The number of nitrogens with one attached hydrogen (secondary N) is 1. The predicted octanol–water partition coefficient (Wildman–Crippen LogP) is 4.69. The van der Waals surface area contributed by atoms with Gasteiger partial charge in [-0.1, -0.05) is 0 Å². The Balaban J connectivity index is 1.47. The number of fused-ring (bicyclic) bond motifs is 1. The lowest BCUT2D eigenvalue weighted by Gasteiger charge is -2.14. The van der Waals surface area contributed by atoms with Crippen LogP contribution in [0.2, 0.25) is 0 Å². The van der Waals surface area contributed by atoms with Crippen LogP contribution in [0.1, 0.15) is 42.5 Å². The summed E-state index contributed by atoms with van der Waals surface area (Å²) < 4.78 is 18.1. The third kappa shape index (κ3) is 5.48. The third-order valence-corrected chi connectivity index (χ3v) is 6.26. The van der Waals surface area contributed by atoms with Crippen molar-refractivity contribution in [2.24, 2.45) is 0 Å². The van der Waals surface area contributed by atoms with Crippen LogP contribution in [-0.2, 0) is 17.6 Å². The molecule has 8 nitrogen and oxygen atoms in total. The molecular formula is C27H32N4O4. The van der Waals surface area contributed by atoms with E-state index in [1.807, 2.05) is 61.7 Å². The van der Waals surface area contributed by atoms with Crippen LogP contribution in [0.3, 0.4) is 0 Å². The molecule has 0 bridgehead atoms. The van der Waals surface area contributed by atoms with Crippen LogP contribution in [-0.4, -0.2) is 40.8 Å². The van der Waals surface area contributed by atoms with Crippen molar-refractivity contribution in [1.82, 2.24) is 19.9 Å². The van der Waals surface area contributed by atoms with Gasteiger partial charge in [-0.2, -0.15) is 5.10 Å². The van der Waals surface area contributed by atoms with Gasteiger partial charge in [-0.15, -0.1) is 0 Å². The van der Waals surface area contributed by atoms with E-state index in [0.717, 1.165) is 58.2 Å². The fraction of sp³-hybridized carbons (Fsp3) is 0.370. The minimum absolute atomic E-state index is 0.0277. The van der Waals surface area contributed by atoms with Crippen molar-refractivity contribution >= 4 is 11.6 Å². The summed E-state index contributed by atoms with van der Waals surface area (Å²) in [7, 11) is 3.25. The van der Waals surface area contributed by atoms with E-state index in [-0.39, 0.29) is 11.9 Å². The van der Waals surface area contributed by atoms with Crippen molar-refractivity contribution in [3.8, 4) is 22.8 Å². The average Bonchev–Trinajstić information content (AvgIpc) is 3.52. The van der Waals surface area contributed by atoms with Gasteiger partial charge in [0.1, 0.15) is 17.3 Å². The largest absolute Gasteiger partial charge is 0.497 e. The monoisotopic (exact) mass is 476 g/mol. The van der Waals surface area contributed by atoms with Crippen LogP contribution < -0.4 is 14.8 Å².